The zero-order valence-corrected chi connectivity index (χ0v) is 15.0. The number of aliphatic hydroxyl groups is 1. The molecule has 2 aromatic rings. The predicted octanol–water partition coefficient (Wildman–Crippen LogP) is -0.106. The first-order chi connectivity index (χ1) is 12.3. The Morgan fingerprint density at radius 1 is 1.32 bits per heavy atom. The monoisotopic (exact) mass is 362 g/mol. The Balaban J connectivity index is 1.63. The Morgan fingerprint density at radius 2 is 2.08 bits per heavy atom. The molecule has 0 aliphatic carbocycles. The Labute approximate surface area is 151 Å². The maximum atomic E-state index is 10.3. The number of nitrogens with zero attached hydrogens (tertiary/aromatic N) is 4. The molecule has 0 bridgehead atoms. The fourth-order valence-corrected chi connectivity index (χ4v) is 3.71. The molecule has 0 spiro atoms. The molecule has 0 unspecified atom stereocenters. The van der Waals surface area contributed by atoms with Crippen molar-refractivity contribution in [3.63, 3.8) is 0 Å². The number of thioether (sulfide) groups is 1. The third-order valence-corrected chi connectivity index (χ3v) is 5.21. The average Bonchev–Trinajstić information content (AvgIpc) is 3.05. The Hall–Kier alpha value is -1.74. The molecule has 2 N–H and O–H groups in total. The molecule has 8 heteroatoms. The van der Waals surface area contributed by atoms with Gasteiger partial charge in [0.1, 0.15) is 25.7 Å². The minimum absolute atomic E-state index is 0.378. The number of allylic oxidation sites excluding steroid dienone is 1. The number of nitrogens with one attached hydrogen (secondary N) is 1. The first kappa shape index (κ1) is 18.1. The number of hydrogen-bond donors (Lipinski definition) is 2. The number of pyridine rings is 1. The van der Waals surface area contributed by atoms with Crippen molar-refractivity contribution in [1.29, 1.82) is 0 Å². The van der Waals surface area contributed by atoms with Crippen LogP contribution in [0.25, 0.3) is 11.4 Å². The van der Waals surface area contributed by atoms with E-state index in [1.165, 1.54) is 16.7 Å². The maximum Gasteiger partial charge on any atom is 0.191 e. The van der Waals surface area contributed by atoms with Crippen LogP contribution in [0.1, 0.15) is 0 Å². The van der Waals surface area contributed by atoms with E-state index in [2.05, 4.69) is 21.8 Å². The third kappa shape index (κ3) is 4.88. The molecule has 1 saturated heterocycles. The second kappa shape index (κ2) is 9.10. The number of ether oxygens (including phenoxy) is 1. The zero-order chi connectivity index (χ0) is 17.5. The molecule has 1 fully saturated rings. The molecule has 1 aliphatic heterocycles. The van der Waals surface area contributed by atoms with E-state index < -0.39 is 0 Å². The lowest BCUT2D eigenvalue weighted by atomic mass is 10.2. The lowest BCUT2D eigenvalue weighted by Crippen LogP contribution is -3.15. The Bertz CT molecular complexity index is 673. The molecule has 1 atom stereocenters. The van der Waals surface area contributed by atoms with Gasteiger partial charge in [0, 0.05) is 30.3 Å². The molecule has 3 rings (SSSR count). The fraction of sp³-hybridized carbons (Fsp3) is 0.471. The highest BCUT2D eigenvalue weighted by molar-refractivity contribution is 7.99. The minimum atomic E-state index is -0.378. The SMILES string of the molecule is C=CCn1c(SC[C@H](O)C[NH+]2CCOCC2)nnc1-c1ccncc1. The summed E-state index contributed by atoms with van der Waals surface area (Å²) in [5.41, 5.74) is 0.967. The van der Waals surface area contributed by atoms with Crippen molar-refractivity contribution in [3.8, 4) is 11.4 Å². The van der Waals surface area contributed by atoms with Crippen LogP contribution in [0.2, 0.25) is 0 Å². The maximum absolute atomic E-state index is 10.3. The number of hydrogen-bond acceptors (Lipinski definition) is 6. The van der Waals surface area contributed by atoms with E-state index >= 15 is 0 Å². The van der Waals surface area contributed by atoms with Crippen LogP contribution in [0.4, 0.5) is 0 Å². The Morgan fingerprint density at radius 3 is 2.80 bits per heavy atom. The summed E-state index contributed by atoms with van der Waals surface area (Å²) in [5, 5.41) is 19.7. The van der Waals surface area contributed by atoms with E-state index in [0.29, 0.717) is 12.3 Å². The van der Waals surface area contributed by atoms with Crippen molar-refractivity contribution < 1.29 is 14.7 Å². The van der Waals surface area contributed by atoms with Gasteiger partial charge in [-0.2, -0.15) is 0 Å². The van der Waals surface area contributed by atoms with Gasteiger partial charge in [0.05, 0.1) is 13.2 Å². The Kier molecular flexibility index (Phi) is 6.57. The van der Waals surface area contributed by atoms with Crippen LogP contribution in [-0.2, 0) is 11.3 Å². The number of aromatic nitrogens is 4. The summed E-state index contributed by atoms with van der Waals surface area (Å²) in [4.78, 5) is 5.43. The zero-order valence-electron chi connectivity index (χ0n) is 14.2. The van der Waals surface area contributed by atoms with Crippen molar-refractivity contribution in [2.45, 2.75) is 17.8 Å². The molecule has 134 valence electrons. The molecule has 0 saturated carbocycles. The topological polar surface area (TPSA) is 77.5 Å². The van der Waals surface area contributed by atoms with Gasteiger partial charge in [-0.3, -0.25) is 9.55 Å². The van der Waals surface area contributed by atoms with Gasteiger partial charge >= 0.3 is 0 Å². The van der Waals surface area contributed by atoms with E-state index in [0.717, 1.165) is 49.4 Å². The summed E-state index contributed by atoms with van der Waals surface area (Å²) >= 11 is 1.53. The standard InChI is InChI=1S/C17H23N5O2S/c1-2-7-22-16(14-3-5-18-6-4-14)19-20-17(22)25-13-15(23)12-21-8-10-24-11-9-21/h2-6,15,23H,1,7-13H2/p+1/t15-/m1/s1. The quantitative estimate of drug-likeness (QED) is 0.504. The largest absolute Gasteiger partial charge is 0.386 e. The predicted molar refractivity (Wildman–Crippen MR) is 96.6 cm³/mol. The molecule has 0 radical (unpaired) electrons. The normalized spacial score (nSPS) is 16.7. The van der Waals surface area contributed by atoms with Gasteiger partial charge in [-0.1, -0.05) is 17.8 Å². The number of quaternary nitrogens is 1. The van der Waals surface area contributed by atoms with Crippen LogP contribution >= 0.6 is 11.8 Å². The molecule has 1 aliphatic rings. The second-order valence-corrected chi connectivity index (χ2v) is 6.96. The molecule has 0 aromatic carbocycles. The van der Waals surface area contributed by atoms with Gasteiger partial charge in [0.25, 0.3) is 0 Å². The summed E-state index contributed by atoms with van der Waals surface area (Å²) in [6, 6.07) is 3.82. The van der Waals surface area contributed by atoms with Crippen LogP contribution in [0, 0.1) is 0 Å². The molecular formula is C17H24N5O2S+. The second-order valence-electron chi connectivity index (χ2n) is 5.97. The van der Waals surface area contributed by atoms with E-state index in [1.54, 1.807) is 12.4 Å². The van der Waals surface area contributed by atoms with E-state index in [1.807, 2.05) is 22.8 Å². The highest BCUT2D eigenvalue weighted by Crippen LogP contribution is 2.24. The molecular weight excluding hydrogens is 338 g/mol. The molecule has 3 heterocycles. The van der Waals surface area contributed by atoms with Gasteiger partial charge in [-0.15, -0.1) is 16.8 Å². The molecule has 25 heavy (non-hydrogen) atoms. The first-order valence-electron chi connectivity index (χ1n) is 8.44. The van der Waals surface area contributed by atoms with Gasteiger partial charge in [0.15, 0.2) is 11.0 Å². The van der Waals surface area contributed by atoms with Crippen molar-refractivity contribution in [2.24, 2.45) is 0 Å². The van der Waals surface area contributed by atoms with E-state index in [4.69, 9.17) is 4.74 Å². The van der Waals surface area contributed by atoms with Crippen LogP contribution in [0.15, 0.2) is 42.3 Å². The summed E-state index contributed by atoms with van der Waals surface area (Å²) < 4.78 is 7.37. The average molecular weight is 362 g/mol. The summed E-state index contributed by atoms with van der Waals surface area (Å²) in [6.45, 7) is 8.65. The van der Waals surface area contributed by atoms with Crippen molar-refractivity contribution >= 4 is 11.8 Å². The first-order valence-corrected chi connectivity index (χ1v) is 9.43. The van der Waals surface area contributed by atoms with Crippen LogP contribution in [0.5, 0.6) is 0 Å². The van der Waals surface area contributed by atoms with Gasteiger partial charge < -0.3 is 14.7 Å². The number of rotatable bonds is 8. The van der Waals surface area contributed by atoms with Crippen LogP contribution in [0.3, 0.4) is 0 Å². The van der Waals surface area contributed by atoms with Gasteiger partial charge in [-0.05, 0) is 12.1 Å². The third-order valence-electron chi connectivity index (χ3n) is 4.10. The number of aliphatic hydroxyl groups excluding tert-OH is 1. The van der Waals surface area contributed by atoms with Gasteiger partial charge in [0.2, 0.25) is 0 Å². The van der Waals surface area contributed by atoms with Crippen molar-refractivity contribution in [2.75, 3.05) is 38.6 Å². The highest BCUT2D eigenvalue weighted by atomic mass is 32.2. The summed E-state index contributed by atoms with van der Waals surface area (Å²) in [7, 11) is 0. The molecule has 7 nitrogen and oxygen atoms in total. The summed E-state index contributed by atoms with van der Waals surface area (Å²) in [5.74, 6) is 1.38. The number of morpholine rings is 1. The van der Waals surface area contributed by atoms with Crippen molar-refractivity contribution in [1.82, 2.24) is 19.7 Å². The van der Waals surface area contributed by atoms with Crippen LogP contribution in [-0.4, -0.2) is 69.6 Å². The smallest absolute Gasteiger partial charge is 0.191 e. The lowest BCUT2D eigenvalue weighted by molar-refractivity contribution is -0.910. The van der Waals surface area contributed by atoms with Crippen molar-refractivity contribution in [3.05, 3.63) is 37.2 Å². The van der Waals surface area contributed by atoms with E-state index in [-0.39, 0.29) is 6.10 Å². The van der Waals surface area contributed by atoms with E-state index in [9.17, 15) is 5.11 Å². The molecule has 0 amide bonds. The summed E-state index contributed by atoms with van der Waals surface area (Å²) in [6.07, 6.45) is 4.93. The minimum Gasteiger partial charge on any atom is -0.386 e. The molecule has 2 aromatic heterocycles. The lowest BCUT2D eigenvalue weighted by Gasteiger charge is -2.25. The highest BCUT2D eigenvalue weighted by Gasteiger charge is 2.20. The van der Waals surface area contributed by atoms with Gasteiger partial charge in [-0.25, -0.2) is 0 Å². The van der Waals surface area contributed by atoms with Crippen LogP contribution < -0.4 is 4.90 Å². The fourth-order valence-electron chi connectivity index (χ4n) is 2.83.